The van der Waals surface area contributed by atoms with Crippen LogP contribution in [0.15, 0.2) is 16.6 Å². The lowest BCUT2D eigenvalue weighted by Crippen LogP contribution is -2.44. The van der Waals surface area contributed by atoms with Crippen LogP contribution < -0.4 is 11.1 Å². The molecule has 82 valence electrons. The third-order valence-electron chi connectivity index (χ3n) is 2.80. The summed E-state index contributed by atoms with van der Waals surface area (Å²) in [6.07, 6.45) is 1.99. The molecular weight excluding hydrogens is 259 g/mol. The molecule has 0 aliphatic heterocycles. The molecule has 1 aliphatic rings. The molecule has 0 spiro atoms. The quantitative estimate of drug-likeness (QED) is 0.869. The van der Waals surface area contributed by atoms with E-state index in [1.54, 1.807) is 6.07 Å². The first-order valence-electron chi connectivity index (χ1n) is 5.04. The van der Waals surface area contributed by atoms with E-state index in [-0.39, 0.29) is 5.82 Å². The molecule has 15 heavy (non-hydrogen) atoms. The largest absolute Gasteiger partial charge is 0.382 e. The molecule has 1 saturated carbocycles. The van der Waals surface area contributed by atoms with Crippen LogP contribution in [0.1, 0.15) is 18.4 Å². The number of hydrogen-bond acceptors (Lipinski definition) is 2. The van der Waals surface area contributed by atoms with Crippen LogP contribution >= 0.6 is 15.9 Å². The van der Waals surface area contributed by atoms with Crippen LogP contribution in [0.5, 0.6) is 0 Å². The lowest BCUT2D eigenvalue weighted by molar-refractivity contribution is 0.373. The summed E-state index contributed by atoms with van der Waals surface area (Å²) in [5, 5.41) is 3.37. The molecule has 2 nitrogen and oxygen atoms in total. The van der Waals surface area contributed by atoms with Gasteiger partial charge in [0, 0.05) is 17.8 Å². The molecule has 0 amide bonds. The van der Waals surface area contributed by atoms with Gasteiger partial charge in [-0.25, -0.2) is 4.39 Å². The molecule has 2 rings (SSSR count). The Hall–Kier alpha value is -0.610. The van der Waals surface area contributed by atoms with Crippen molar-refractivity contribution in [3.05, 3.63) is 28.0 Å². The van der Waals surface area contributed by atoms with E-state index in [0.29, 0.717) is 16.6 Å². The molecule has 0 heterocycles. The van der Waals surface area contributed by atoms with Crippen molar-refractivity contribution in [3.63, 3.8) is 0 Å². The molecule has 1 fully saturated rings. The van der Waals surface area contributed by atoms with Crippen LogP contribution in [0.4, 0.5) is 10.1 Å². The lowest BCUT2D eigenvalue weighted by atomic mass is 9.87. The van der Waals surface area contributed by atoms with Gasteiger partial charge in [-0.05, 0) is 53.4 Å². The zero-order valence-electron chi connectivity index (χ0n) is 8.56. The van der Waals surface area contributed by atoms with Crippen molar-refractivity contribution in [2.45, 2.75) is 31.8 Å². The number of anilines is 1. The van der Waals surface area contributed by atoms with E-state index in [1.807, 2.05) is 6.92 Å². The molecule has 1 aromatic carbocycles. The van der Waals surface area contributed by atoms with Crippen LogP contribution in [0.25, 0.3) is 0 Å². The molecule has 0 atom stereocenters. The zero-order valence-corrected chi connectivity index (χ0v) is 10.1. The van der Waals surface area contributed by atoms with Crippen molar-refractivity contribution in [2.75, 3.05) is 5.32 Å². The third kappa shape index (κ3) is 2.32. The predicted molar refractivity (Wildman–Crippen MR) is 63.5 cm³/mol. The summed E-state index contributed by atoms with van der Waals surface area (Å²) in [4.78, 5) is 0. The van der Waals surface area contributed by atoms with E-state index in [1.165, 1.54) is 6.07 Å². The number of aryl methyl sites for hydroxylation is 1. The maximum atomic E-state index is 13.2. The number of halogens is 2. The fourth-order valence-electron chi connectivity index (χ4n) is 1.80. The van der Waals surface area contributed by atoms with Gasteiger partial charge in [-0.3, -0.25) is 0 Å². The molecule has 0 aromatic heterocycles. The maximum absolute atomic E-state index is 13.2. The molecular formula is C11H14BrFN2. The monoisotopic (exact) mass is 272 g/mol. The lowest BCUT2D eigenvalue weighted by Gasteiger charge is -2.34. The van der Waals surface area contributed by atoms with Crippen LogP contribution in [-0.4, -0.2) is 12.1 Å². The number of benzene rings is 1. The van der Waals surface area contributed by atoms with Crippen LogP contribution in [0.2, 0.25) is 0 Å². The highest BCUT2D eigenvalue weighted by Gasteiger charge is 2.25. The number of nitrogens with two attached hydrogens (primary N) is 1. The van der Waals surface area contributed by atoms with Crippen LogP contribution in [0.3, 0.4) is 0 Å². The van der Waals surface area contributed by atoms with Crippen LogP contribution in [-0.2, 0) is 0 Å². The first-order chi connectivity index (χ1) is 7.06. The van der Waals surface area contributed by atoms with Crippen molar-refractivity contribution in [2.24, 2.45) is 5.73 Å². The van der Waals surface area contributed by atoms with Crippen molar-refractivity contribution in [3.8, 4) is 0 Å². The maximum Gasteiger partial charge on any atom is 0.137 e. The Morgan fingerprint density at radius 2 is 2.13 bits per heavy atom. The molecule has 0 unspecified atom stereocenters. The van der Waals surface area contributed by atoms with Crippen LogP contribution in [0, 0.1) is 12.7 Å². The second-order valence-corrected chi connectivity index (χ2v) is 5.01. The van der Waals surface area contributed by atoms with Gasteiger partial charge in [0.25, 0.3) is 0 Å². The second-order valence-electron chi connectivity index (χ2n) is 4.15. The normalized spacial score (nSPS) is 24.8. The van der Waals surface area contributed by atoms with Crippen molar-refractivity contribution >= 4 is 21.6 Å². The minimum absolute atomic E-state index is 0.219. The summed E-state index contributed by atoms with van der Waals surface area (Å²) < 4.78 is 13.7. The molecule has 3 N–H and O–H groups in total. The summed E-state index contributed by atoms with van der Waals surface area (Å²) in [5.41, 5.74) is 7.62. The van der Waals surface area contributed by atoms with Gasteiger partial charge in [0.1, 0.15) is 5.82 Å². The minimum Gasteiger partial charge on any atom is -0.382 e. The number of nitrogens with one attached hydrogen (secondary N) is 1. The Bertz CT molecular complexity index is 375. The first-order valence-corrected chi connectivity index (χ1v) is 5.83. The Morgan fingerprint density at radius 3 is 2.73 bits per heavy atom. The van der Waals surface area contributed by atoms with E-state index in [2.05, 4.69) is 21.2 Å². The van der Waals surface area contributed by atoms with Gasteiger partial charge in [0.05, 0.1) is 4.47 Å². The highest BCUT2D eigenvalue weighted by molar-refractivity contribution is 9.10. The van der Waals surface area contributed by atoms with E-state index >= 15 is 0 Å². The summed E-state index contributed by atoms with van der Waals surface area (Å²) in [5.74, 6) is -0.219. The third-order valence-corrected chi connectivity index (χ3v) is 3.41. The molecule has 0 radical (unpaired) electrons. The number of rotatable bonds is 2. The summed E-state index contributed by atoms with van der Waals surface area (Å²) in [7, 11) is 0. The average Bonchev–Trinajstić information content (AvgIpc) is 2.11. The molecule has 0 saturated heterocycles. The molecule has 4 heteroatoms. The summed E-state index contributed by atoms with van der Waals surface area (Å²) in [6, 6.07) is 4.09. The van der Waals surface area contributed by atoms with E-state index in [0.717, 1.165) is 24.1 Å². The highest BCUT2D eigenvalue weighted by atomic mass is 79.9. The fourth-order valence-corrected chi connectivity index (χ4v) is 2.14. The topological polar surface area (TPSA) is 38.0 Å². The van der Waals surface area contributed by atoms with Crippen molar-refractivity contribution in [1.82, 2.24) is 0 Å². The van der Waals surface area contributed by atoms with Crippen molar-refractivity contribution in [1.29, 1.82) is 0 Å². The van der Waals surface area contributed by atoms with Gasteiger partial charge in [0.2, 0.25) is 0 Å². The van der Waals surface area contributed by atoms with Gasteiger partial charge >= 0.3 is 0 Å². The molecule has 1 aliphatic carbocycles. The van der Waals surface area contributed by atoms with E-state index in [4.69, 9.17) is 5.73 Å². The van der Waals surface area contributed by atoms with Gasteiger partial charge in [-0.1, -0.05) is 0 Å². The van der Waals surface area contributed by atoms with E-state index < -0.39 is 0 Å². The Labute approximate surface area is 97.2 Å². The second kappa shape index (κ2) is 4.10. The summed E-state index contributed by atoms with van der Waals surface area (Å²) in [6.45, 7) is 1.90. The average molecular weight is 273 g/mol. The first kappa shape index (κ1) is 10.9. The Morgan fingerprint density at radius 1 is 1.47 bits per heavy atom. The van der Waals surface area contributed by atoms with E-state index in [9.17, 15) is 4.39 Å². The van der Waals surface area contributed by atoms with Crippen molar-refractivity contribution < 1.29 is 4.39 Å². The van der Waals surface area contributed by atoms with Gasteiger partial charge in [0.15, 0.2) is 0 Å². The summed E-state index contributed by atoms with van der Waals surface area (Å²) >= 11 is 3.18. The predicted octanol–water partition coefficient (Wildman–Crippen LogP) is 2.80. The minimum atomic E-state index is -0.219. The fraction of sp³-hybridized carbons (Fsp3) is 0.455. The van der Waals surface area contributed by atoms with Gasteiger partial charge in [-0.2, -0.15) is 0 Å². The highest BCUT2D eigenvalue weighted by Crippen LogP contribution is 2.28. The molecule has 0 bridgehead atoms. The number of hydrogen-bond donors (Lipinski definition) is 2. The smallest absolute Gasteiger partial charge is 0.137 e. The SMILES string of the molecule is Cc1cc(F)c(Br)cc1NC1CC(N)C1. The Balaban J connectivity index is 2.11. The standard InChI is InChI=1S/C11H14BrFN2/c1-6-2-10(13)9(12)5-11(6)15-8-3-7(14)4-8/h2,5,7-8,15H,3-4,14H2,1H3. The van der Waals surface area contributed by atoms with Gasteiger partial charge in [-0.15, -0.1) is 0 Å². The molecule has 1 aromatic rings. The zero-order chi connectivity index (χ0) is 11.0. The Kier molecular flexibility index (Phi) is 2.98. The van der Waals surface area contributed by atoms with Gasteiger partial charge < -0.3 is 11.1 Å².